The van der Waals surface area contributed by atoms with Gasteiger partial charge in [-0.2, -0.15) is 4.98 Å². The van der Waals surface area contributed by atoms with Crippen molar-refractivity contribution in [3.05, 3.63) is 23.8 Å². The number of rotatable bonds is 5. The molecule has 1 amide bonds. The van der Waals surface area contributed by atoms with E-state index < -0.39 is 5.91 Å². The predicted molar refractivity (Wildman–Crippen MR) is 80.3 cm³/mol. The minimum atomic E-state index is -0.542. The minimum Gasteiger partial charge on any atom is -0.423 e. The Morgan fingerprint density at radius 1 is 1.52 bits per heavy atom. The van der Waals surface area contributed by atoms with E-state index in [0.29, 0.717) is 17.1 Å². The number of carbonyl (C=O) groups is 1. The Morgan fingerprint density at radius 3 is 3.00 bits per heavy atom. The summed E-state index contributed by atoms with van der Waals surface area (Å²) in [6.45, 7) is 4.16. The average molecular weight is 287 g/mol. The number of likely N-dealkylation sites (N-methyl/N-ethyl adjacent to an activating group) is 1. The Kier molecular flexibility index (Phi) is 3.79. The van der Waals surface area contributed by atoms with E-state index in [1.807, 2.05) is 11.9 Å². The summed E-state index contributed by atoms with van der Waals surface area (Å²) in [6, 6.07) is 6.69. The topological polar surface area (TPSA) is 75.6 Å². The molecule has 2 heterocycles. The van der Waals surface area contributed by atoms with Crippen LogP contribution in [0, 0.1) is 6.07 Å². The molecule has 2 N–H and O–H groups in total. The van der Waals surface area contributed by atoms with Gasteiger partial charge in [0.25, 0.3) is 11.9 Å². The Labute approximate surface area is 123 Å². The highest BCUT2D eigenvalue weighted by molar-refractivity contribution is 6.03. The van der Waals surface area contributed by atoms with Crippen molar-refractivity contribution in [3.63, 3.8) is 0 Å². The number of aromatic nitrogens is 1. The number of amides is 1. The van der Waals surface area contributed by atoms with Crippen LogP contribution in [-0.2, 0) is 0 Å². The quantitative estimate of drug-likeness (QED) is 0.896. The van der Waals surface area contributed by atoms with Gasteiger partial charge >= 0.3 is 0 Å². The minimum absolute atomic E-state index is 0.274. The molecule has 0 spiro atoms. The number of fused-ring (bicyclic) bond motifs is 1. The number of hydrogen-bond donors (Lipinski definition) is 1. The van der Waals surface area contributed by atoms with Crippen molar-refractivity contribution in [2.24, 2.45) is 5.73 Å². The summed E-state index contributed by atoms with van der Waals surface area (Å²) >= 11 is 0. The van der Waals surface area contributed by atoms with E-state index >= 15 is 0 Å². The number of oxazole rings is 1. The van der Waals surface area contributed by atoms with Crippen LogP contribution >= 0.6 is 0 Å². The van der Waals surface area contributed by atoms with Crippen LogP contribution in [0.1, 0.15) is 23.2 Å². The standard InChI is InChI=1S/C15H19N4O2/c1-18(9-10-19-7-2-3-8-19)15-17-13-11(14(16)20)5-4-6-12(13)21-15/h4,6H,2-3,7-10H2,1H3,(H2,16,20). The molecule has 111 valence electrons. The van der Waals surface area contributed by atoms with Gasteiger partial charge in [-0.05, 0) is 44.1 Å². The van der Waals surface area contributed by atoms with Gasteiger partial charge in [0.1, 0.15) is 5.52 Å². The molecule has 0 aliphatic carbocycles. The van der Waals surface area contributed by atoms with Crippen LogP contribution in [-0.4, -0.2) is 49.0 Å². The second-order valence-electron chi connectivity index (χ2n) is 5.40. The smallest absolute Gasteiger partial charge is 0.298 e. The van der Waals surface area contributed by atoms with Gasteiger partial charge in [0.15, 0.2) is 5.58 Å². The fraction of sp³-hybridized carbons (Fsp3) is 0.467. The number of nitrogens with two attached hydrogens (primary N) is 1. The fourth-order valence-electron chi connectivity index (χ4n) is 2.63. The van der Waals surface area contributed by atoms with Crippen LogP contribution in [0.2, 0.25) is 0 Å². The number of benzene rings is 1. The van der Waals surface area contributed by atoms with Crippen molar-refractivity contribution in [2.45, 2.75) is 12.8 Å². The molecule has 0 bridgehead atoms. The summed E-state index contributed by atoms with van der Waals surface area (Å²) in [4.78, 5) is 20.2. The molecule has 1 saturated heterocycles. The van der Waals surface area contributed by atoms with Gasteiger partial charge in [-0.15, -0.1) is 0 Å². The third-order valence-corrected chi connectivity index (χ3v) is 3.86. The van der Waals surface area contributed by atoms with Crippen LogP contribution in [0.15, 0.2) is 16.5 Å². The Morgan fingerprint density at radius 2 is 2.29 bits per heavy atom. The second kappa shape index (κ2) is 5.73. The summed E-state index contributed by atoms with van der Waals surface area (Å²) in [7, 11) is 1.94. The first-order valence-corrected chi connectivity index (χ1v) is 7.19. The van der Waals surface area contributed by atoms with E-state index in [0.717, 1.165) is 13.1 Å². The zero-order valence-electron chi connectivity index (χ0n) is 12.1. The van der Waals surface area contributed by atoms with Crippen molar-refractivity contribution in [2.75, 3.05) is 38.1 Å². The lowest BCUT2D eigenvalue weighted by atomic mass is 10.2. The average Bonchev–Trinajstić information content (AvgIpc) is 3.12. The zero-order chi connectivity index (χ0) is 14.8. The van der Waals surface area contributed by atoms with Gasteiger partial charge in [-0.1, -0.05) is 0 Å². The maximum absolute atomic E-state index is 11.4. The van der Waals surface area contributed by atoms with Gasteiger partial charge < -0.3 is 20.0 Å². The molecule has 1 aliphatic rings. The normalized spacial score (nSPS) is 15.7. The van der Waals surface area contributed by atoms with Crippen LogP contribution in [0.5, 0.6) is 0 Å². The number of hydrogen-bond acceptors (Lipinski definition) is 5. The molecule has 3 rings (SSSR count). The summed E-state index contributed by atoms with van der Waals surface area (Å²) in [6.07, 6.45) is 2.56. The number of likely N-dealkylation sites (tertiary alicyclic amines) is 1. The zero-order valence-corrected chi connectivity index (χ0v) is 12.1. The molecule has 1 radical (unpaired) electrons. The van der Waals surface area contributed by atoms with E-state index in [9.17, 15) is 4.79 Å². The lowest BCUT2D eigenvalue weighted by molar-refractivity contribution is 0.100. The van der Waals surface area contributed by atoms with Crippen LogP contribution < -0.4 is 10.6 Å². The number of anilines is 1. The van der Waals surface area contributed by atoms with Crippen molar-refractivity contribution in [1.82, 2.24) is 9.88 Å². The lowest BCUT2D eigenvalue weighted by Gasteiger charge is -2.19. The maximum Gasteiger partial charge on any atom is 0.298 e. The highest BCUT2D eigenvalue weighted by atomic mass is 16.4. The Balaban J connectivity index is 1.76. The fourth-order valence-corrected chi connectivity index (χ4v) is 2.63. The third-order valence-electron chi connectivity index (χ3n) is 3.86. The molecule has 6 heteroatoms. The monoisotopic (exact) mass is 287 g/mol. The summed E-state index contributed by atoms with van der Waals surface area (Å²) in [5.41, 5.74) is 6.65. The summed E-state index contributed by atoms with van der Waals surface area (Å²) in [5, 5.41) is 0. The molecular weight excluding hydrogens is 268 g/mol. The predicted octanol–water partition coefficient (Wildman–Crippen LogP) is 1.26. The molecule has 0 saturated carbocycles. The lowest BCUT2D eigenvalue weighted by Crippen LogP contribution is -2.31. The Bertz CT molecular complexity index is 646. The highest BCUT2D eigenvalue weighted by Gasteiger charge is 2.17. The molecule has 1 aliphatic heterocycles. The molecule has 1 aromatic carbocycles. The Hall–Kier alpha value is -2.08. The molecular formula is C15H19N4O2. The highest BCUT2D eigenvalue weighted by Crippen LogP contribution is 2.23. The third kappa shape index (κ3) is 2.85. The van der Waals surface area contributed by atoms with E-state index in [1.165, 1.54) is 25.9 Å². The number of nitrogens with zero attached hydrogens (tertiary/aromatic N) is 3. The maximum atomic E-state index is 11.4. The first-order valence-electron chi connectivity index (χ1n) is 7.19. The van der Waals surface area contributed by atoms with Crippen molar-refractivity contribution in [3.8, 4) is 0 Å². The second-order valence-corrected chi connectivity index (χ2v) is 5.40. The van der Waals surface area contributed by atoms with Crippen molar-refractivity contribution in [1.29, 1.82) is 0 Å². The van der Waals surface area contributed by atoms with Crippen LogP contribution in [0.4, 0.5) is 6.01 Å². The number of carbonyl (C=O) groups excluding carboxylic acids is 1. The molecule has 1 aromatic heterocycles. The van der Waals surface area contributed by atoms with Crippen LogP contribution in [0.3, 0.4) is 0 Å². The van der Waals surface area contributed by atoms with Crippen molar-refractivity contribution < 1.29 is 9.21 Å². The van der Waals surface area contributed by atoms with Gasteiger partial charge in [0.05, 0.1) is 5.56 Å². The summed E-state index contributed by atoms with van der Waals surface area (Å²) < 4.78 is 5.70. The molecule has 21 heavy (non-hydrogen) atoms. The molecule has 0 atom stereocenters. The summed E-state index contributed by atoms with van der Waals surface area (Å²) in [5.74, 6) is -0.542. The van der Waals surface area contributed by atoms with Gasteiger partial charge in [0, 0.05) is 20.1 Å². The van der Waals surface area contributed by atoms with Gasteiger partial charge in [0.2, 0.25) is 0 Å². The van der Waals surface area contributed by atoms with Crippen molar-refractivity contribution >= 4 is 23.0 Å². The molecule has 2 aromatic rings. The van der Waals surface area contributed by atoms with E-state index in [1.54, 1.807) is 12.1 Å². The molecule has 6 nitrogen and oxygen atoms in total. The van der Waals surface area contributed by atoms with E-state index in [4.69, 9.17) is 10.2 Å². The first kappa shape index (κ1) is 13.9. The van der Waals surface area contributed by atoms with Gasteiger partial charge in [-0.3, -0.25) is 4.79 Å². The molecule has 1 fully saturated rings. The van der Waals surface area contributed by atoms with E-state index in [-0.39, 0.29) is 5.56 Å². The largest absolute Gasteiger partial charge is 0.423 e. The first-order chi connectivity index (χ1) is 10.1. The van der Waals surface area contributed by atoms with Gasteiger partial charge in [-0.25, -0.2) is 0 Å². The SMILES string of the molecule is CN(CCN1CCCC1)c1nc2c(C(N)=O)[c]ccc2o1. The van der Waals surface area contributed by atoms with E-state index in [2.05, 4.69) is 16.0 Å². The van der Waals surface area contributed by atoms with Crippen LogP contribution in [0.25, 0.3) is 11.1 Å². The number of primary amides is 1. The molecule has 0 unspecified atom stereocenters.